The van der Waals surface area contributed by atoms with Crippen LogP contribution in [-0.4, -0.2) is 71.6 Å². The summed E-state index contributed by atoms with van der Waals surface area (Å²) >= 11 is 0. The normalized spacial score (nSPS) is 46.1. The van der Waals surface area contributed by atoms with Crippen molar-refractivity contribution in [3.05, 3.63) is 0 Å². The Hall–Kier alpha value is -0.120. The van der Waals surface area contributed by atoms with Crippen molar-refractivity contribution in [1.82, 2.24) is 14.7 Å². The van der Waals surface area contributed by atoms with Crippen molar-refractivity contribution >= 4 is 0 Å². The van der Waals surface area contributed by atoms with Crippen LogP contribution >= 0.6 is 0 Å². The third kappa shape index (κ3) is 5.08. The van der Waals surface area contributed by atoms with E-state index >= 15 is 0 Å². The molecule has 0 aromatic heterocycles. The van der Waals surface area contributed by atoms with Gasteiger partial charge in [0.15, 0.2) is 0 Å². The molecule has 6 saturated heterocycles. The molecule has 0 radical (unpaired) electrons. The van der Waals surface area contributed by atoms with Gasteiger partial charge in [0.25, 0.3) is 0 Å². The van der Waals surface area contributed by atoms with E-state index in [9.17, 15) is 0 Å². The molecule has 0 aromatic carbocycles. The number of fused-ring (bicyclic) bond motifs is 3. The van der Waals surface area contributed by atoms with Gasteiger partial charge in [-0.3, -0.25) is 9.80 Å². The quantitative estimate of drug-likeness (QED) is 0.503. The third-order valence-corrected chi connectivity index (χ3v) is 11.5. The topological polar surface area (TPSA) is 9.72 Å². The molecule has 0 aliphatic carbocycles. The third-order valence-electron chi connectivity index (χ3n) is 11.5. The molecule has 0 saturated carbocycles. The van der Waals surface area contributed by atoms with Gasteiger partial charge in [0.1, 0.15) is 0 Å². The molecule has 188 valence electrons. The van der Waals surface area contributed by atoms with E-state index in [4.69, 9.17) is 0 Å². The fraction of sp³-hybridized carbons (Fsp3) is 1.00. The average Bonchev–Trinajstić information content (AvgIpc) is 3.06. The highest BCUT2D eigenvalue weighted by Gasteiger charge is 2.42. The van der Waals surface area contributed by atoms with Gasteiger partial charge in [-0.2, -0.15) is 0 Å². The van der Waals surface area contributed by atoms with Gasteiger partial charge in [0.2, 0.25) is 0 Å². The van der Waals surface area contributed by atoms with Crippen molar-refractivity contribution in [3.8, 4) is 0 Å². The zero-order chi connectivity index (χ0) is 22.2. The lowest BCUT2D eigenvalue weighted by Gasteiger charge is -2.52. The van der Waals surface area contributed by atoms with Crippen LogP contribution in [0.15, 0.2) is 0 Å². The van der Waals surface area contributed by atoms with Gasteiger partial charge in [-0.15, -0.1) is 0 Å². The minimum absolute atomic E-state index is 0.850. The van der Waals surface area contributed by atoms with E-state index in [1.54, 1.807) is 12.8 Å². The van der Waals surface area contributed by atoms with Gasteiger partial charge < -0.3 is 4.90 Å². The predicted octanol–water partition coefficient (Wildman–Crippen LogP) is 6.17. The molecule has 3 heteroatoms. The summed E-state index contributed by atoms with van der Waals surface area (Å²) in [5, 5.41) is 0. The van der Waals surface area contributed by atoms with Gasteiger partial charge in [-0.25, -0.2) is 0 Å². The smallest absolute Gasteiger partial charge is 0.0127 e. The molecule has 0 bridgehead atoms. The molecule has 0 aromatic rings. The Balaban J connectivity index is 1.05. The van der Waals surface area contributed by atoms with Crippen molar-refractivity contribution in [1.29, 1.82) is 0 Å². The Kier molecular flexibility index (Phi) is 7.39. The number of nitrogens with zero attached hydrogens (tertiary/aromatic N) is 3. The van der Waals surface area contributed by atoms with Crippen LogP contribution in [0.2, 0.25) is 0 Å². The monoisotopic (exact) mass is 455 g/mol. The molecular formula is C30H53N3. The van der Waals surface area contributed by atoms with E-state index < -0.39 is 0 Å². The number of rotatable bonds is 3. The van der Waals surface area contributed by atoms with Crippen LogP contribution in [0.1, 0.15) is 110 Å². The molecule has 8 unspecified atom stereocenters. The molecule has 6 aliphatic rings. The summed E-state index contributed by atoms with van der Waals surface area (Å²) in [5.41, 5.74) is 0. The van der Waals surface area contributed by atoms with E-state index in [0.717, 1.165) is 47.8 Å². The van der Waals surface area contributed by atoms with E-state index in [2.05, 4.69) is 21.6 Å². The molecule has 6 heterocycles. The highest BCUT2D eigenvalue weighted by atomic mass is 15.2. The summed E-state index contributed by atoms with van der Waals surface area (Å²) in [6.45, 7) is 9.60. The molecule has 6 fully saturated rings. The molecule has 0 amide bonds. The summed E-state index contributed by atoms with van der Waals surface area (Å²) in [7, 11) is 0. The van der Waals surface area contributed by atoms with E-state index in [1.807, 2.05) is 0 Å². The number of hydrogen-bond donors (Lipinski definition) is 0. The molecule has 6 rings (SSSR count). The summed E-state index contributed by atoms with van der Waals surface area (Å²) in [6.07, 6.45) is 24.0. The van der Waals surface area contributed by atoms with Gasteiger partial charge in [0.05, 0.1) is 0 Å². The maximum atomic E-state index is 3.04. The Morgan fingerprint density at radius 1 is 0.606 bits per heavy atom. The van der Waals surface area contributed by atoms with Crippen molar-refractivity contribution in [2.24, 2.45) is 23.7 Å². The van der Waals surface area contributed by atoms with Crippen LogP contribution in [0.25, 0.3) is 0 Å². The standard InChI is InChI=1S/C30H53N3/c1-23-7-4-9-28-20-24(8-5-18-33(23)28)19-25-12-14-27-15-13-26(22-32(27)21-25)29-10-6-17-31-16-3-2-11-30(29)31/h23-30H,2-22H2,1H3. The average molecular weight is 456 g/mol. The zero-order valence-corrected chi connectivity index (χ0v) is 21.8. The minimum Gasteiger partial charge on any atom is -0.300 e. The first-order valence-corrected chi connectivity index (χ1v) is 15.5. The molecule has 0 N–H and O–H groups in total. The van der Waals surface area contributed by atoms with Crippen molar-refractivity contribution in [3.63, 3.8) is 0 Å². The fourth-order valence-corrected chi connectivity index (χ4v) is 9.87. The summed E-state index contributed by atoms with van der Waals surface area (Å²) in [6, 6.07) is 3.65. The van der Waals surface area contributed by atoms with Crippen LogP contribution in [0, 0.1) is 23.7 Å². The lowest BCUT2D eigenvalue weighted by Crippen LogP contribution is -2.55. The van der Waals surface area contributed by atoms with E-state index in [-0.39, 0.29) is 0 Å². The van der Waals surface area contributed by atoms with Crippen LogP contribution < -0.4 is 0 Å². The molecule has 0 spiro atoms. The molecule has 8 atom stereocenters. The highest BCUT2D eigenvalue weighted by molar-refractivity contribution is 4.96. The van der Waals surface area contributed by atoms with Crippen molar-refractivity contribution in [2.45, 2.75) is 134 Å². The van der Waals surface area contributed by atoms with Crippen LogP contribution in [0.4, 0.5) is 0 Å². The largest absolute Gasteiger partial charge is 0.300 e. The highest BCUT2D eigenvalue weighted by Crippen LogP contribution is 2.43. The Labute approximate surface area is 205 Å². The molecule has 6 aliphatic heterocycles. The first kappa shape index (κ1) is 23.3. The Morgan fingerprint density at radius 3 is 2.45 bits per heavy atom. The minimum atomic E-state index is 0.850. The van der Waals surface area contributed by atoms with Crippen LogP contribution in [-0.2, 0) is 0 Å². The van der Waals surface area contributed by atoms with Crippen molar-refractivity contribution < 1.29 is 0 Å². The first-order valence-electron chi connectivity index (χ1n) is 15.5. The first-order chi connectivity index (χ1) is 16.2. The second-order valence-corrected chi connectivity index (χ2v) is 13.4. The second kappa shape index (κ2) is 10.5. The van der Waals surface area contributed by atoms with Gasteiger partial charge in [-0.05, 0) is 140 Å². The SMILES string of the molecule is CC1CCCC2CC(CC3CCC4CCC(C5CCCN6CCCCC56)CN4C3)CCCN12. The Morgan fingerprint density at radius 2 is 1.48 bits per heavy atom. The fourth-order valence-electron chi connectivity index (χ4n) is 9.87. The maximum absolute atomic E-state index is 3.04. The van der Waals surface area contributed by atoms with Gasteiger partial charge in [0, 0.05) is 37.3 Å². The van der Waals surface area contributed by atoms with Gasteiger partial charge in [-0.1, -0.05) is 12.8 Å². The van der Waals surface area contributed by atoms with E-state index in [0.29, 0.717) is 0 Å². The maximum Gasteiger partial charge on any atom is 0.0127 e. The number of hydrogen-bond acceptors (Lipinski definition) is 3. The summed E-state index contributed by atoms with van der Waals surface area (Å²) in [4.78, 5) is 8.86. The second-order valence-electron chi connectivity index (χ2n) is 13.4. The number of piperidine rings is 5. The van der Waals surface area contributed by atoms with Gasteiger partial charge >= 0.3 is 0 Å². The molecular weight excluding hydrogens is 402 g/mol. The summed E-state index contributed by atoms with van der Waals surface area (Å²) < 4.78 is 0. The lowest BCUT2D eigenvalue weighted by molar-refractivity contribution is -0.0217. The van der Waals surface area contributed by atoms with Crippen molar-refractivity contribution in [2.75, 3.05) is 32.7 Å². The molecule has 33 heavy (non-hydrogen) atoms. The van der Waals surface area contributed by atoms with Crippen LogP contribution in [0.5, 0.6) is 0 Å². The Bertz CT molecular complexity index is 634. The van der Waals surface area contributed by atoms with Crippen LogP contribution in [0.3, 0.4) is 0 Å². The summed E-state index contributed by atoms with van der Waals surface area (Å²) in [5.74, 6) is 4.03. The van der Waals surface area contributed by atoms with E-state index in [1.165, 1.54) is 123 Å². The predicted molar refractivity (Wildman–Crippen MR) is 139 cm³/mol. The zero-order valence-electron chi connectivity index (χ0n) is 21.8. The molecule has 3 nitrogen and oxygen atoms in total. The lowest BCUT2D eigenvalue weighted by atomic mass is 9.71.